The van der Waals surface area contributed by atoms with Gasteiger partial charge in [-0.1, -0.05) is 106 Å². The lowest BCUT2D eigenvalue weighted by molar-refractivity contribution is 0.101. The molecule has 3 unspecified atom stereocenters. The van der Waals surface area contributed by atoms with E-state index < -0.39 is 13.8 Å². The summed E-state index contributed by atoms with van der Waals surface area (Å²) < 4.78 is 26.6. The third-order valence-electron chi connectivity index (χ3n) is 8.34. The molecule has 5 heteroatoms. The SMILES string of the molecule is COc1cc(C(C)(C)C)c2op(OC3(C)c4ccccc4C=C4C=CC=CC43)oc3ccc4ccccc4c3c2c1. The minimum Gasteiger partial charge on any atom is -0.497 e. The van der Waals surface area contributed by atoms with Gasteiger partial charge in [0.2, 0.25) is 0 Å². The van der Waals surface area contributed by atoms with Crippen LogP contribution in [0.5, 0.6) is 5.75 Å². The predicted octanol–water partition coefficient (Wildman–Crippen LogP) is 10.2. The number of hydrogen-bond acceptors (Lipinski definition) is 4. The van der Waals surface area contributed by atoms with Crippen molar-refractivity contribution in [1.29, 1.82) is 0 Å². The number of hydrogen-bond donors (Lipinski definition) is 0. The van der Waals surface area contributed by atoms with Crippen molar-refractivity contribution in [2.24, 2.45) is 5.92 Å². The van der Waals surface area contributed by atoms with Gasteiger partial charge in [0.25, 0.3) is 0 Å². The molecule has 0 saturated carbocycles. The van der Waals surface area contributed by atoms with E-state index in [2.05, 4.69) is 125 Å². The highest BCUT2D eigenvalue weighted by atomic mass is 31.1. The van der Waals surface area contributed by atoms with E-state index in [1.807, 2.05) is 6.07 Å². The maximum atomic E-state index is 7.11. The Labute approximate surface area is 241 Å². The molecule has 2 aliphatic rings. The quantitative estimate of drug-likeness (QED) is 0.220. The summed E-state index contributed by atoms with van der Waals surface area (Å²) in [7, 11) is -0.149. The number of fused-ring (bicyclic) bond motifs is 7. The Bertz CT molecular complexity index is 1970. The van der Waals surface area contributed by atoms with Crippen molar-refractivity contribution >= 4 is 47.0 Å². The lowest BCUT2D eigenvalue weighted by Crippen LogP contribution is -2.40. The number of ether oxygens (including phenoxy) is 1. The number of methoxy groups -OCH3 is 1. The van der Waals surface area contributed by atoms with Crippen LogP contribution in [0.15, 0.2) is 111 Å². The Kier molecular flexibility index (Phi) is 6.04. The molecule has 41 heavy (non-hydrogen) atoms. The molecule has 0 saturated heterocycles. The first-order valence-electron chi connectivity index (χ1n) is 14.0. The Morgan fingerprint density at radius 2 is 1.68 bits per heavy atom. The van der Waals surface area contributed by atoms with E-state index in [4.69, 9.17) is 17.7 Å². The van der Waals surface area contributed by atoms with Crippen molar-refractivity contribution in [2.75, 3.05) is 7.11 Å². The molecule has 0 aliphatic heterocycles. The first-order chi connectivity index (χ1) is 19.8. The van der Waals surface area contributed by atoms with Crippen LogP contribution >= 0.6 is 8.24 Å². The monoisotopic (exact) mass is 560 g/mol. The first kappa shape index (κ1) is 26.0. The van der Waals surface area contributed by atoms with Crippen LogP contribution in [0.25, 0.3) is 38.8 Å². The zero-order valence-electron chi connectivity index (χ0n) is 24.0. The van der Waals surface area contributed by atoms with E-state index >= 15 is 0 Å². The van der Waals surface area contributed by atoms with Gasteiger partial charge in [0.05, 0.1) is 7.11 Å². The number of allylic oxidation sites excluding steroid dienone is 3. The summed E-state index contributed by atoms with van der Waals surface area (Å²) in [4.78, 5) is 0. The Balaban J connectivity index is 1.57. The van der Waals surface area contributed by atoms with Crippen molar-refractivity contribution < 1.29 is 17.7 Å². The summed E-state index contributed by atoms with van der Waals surface area (Å²) in [6.45, 7) is 8.74. The van der Waals surface area contributed by atoms with Crippen molar-refractivity contribution in [3.63, 3.8) is 0 Å². The molecule has 4 aromatic carbocycles. The largest absolute Gasteiger partial charge is 0.497 e. The molecule has 0 amide bonds. The smallest absolute Gasteiger partial charge is 0.388 e. The van der Waals surface area contributed by atoms with Gasteiger partial charge in [-0.05, 0) is 58.0 Å². The van der Waals surface area contributed by atoms with Crippen molar-refractivity contribution in [3.8, 4) is 5.75 Å². The van der Waals surface area contributed by atoms with Gasteiger partial charge in [0, 0.05) is 22.3 Å². The zero-order chi connectivity index (χ0) is 28.4. The summed E-state index contributed by atoms with van der Waals surface area (Å²) in [5.41, 5.74) is 5.13. The van der Waals surface area contributed by atoms with Gasteiger partial charge < -0.3 is 13.1 Å². The molecule has 0 spiro atoms. The fraction of sp³-hybridized carbons (Fsp3) is 0.222. The standard InChI is InChI=1S/C36H33O4P/c1-35(2,3)31-22-26(37-5)21-28-33-27-15-9-6-12-23(27)18-19-32(33)38-41(39-34(28)31)40-36(4)29-16-10-7-13-24(29)20-25-14-8-11-17-30(25)36/h6-22,29H,1-5H3. The molecule has 1 heterocycles. The van der Waals surface area contributed by atoms with Gasteiger partial charge in [-0.2, -0.15) is 0 Å². The van der Waals surface area contributed by atoms with E-state index in [0.717, 1.165) is 55.2 Å². The van der Waals surface area contributed by atoms with E-state index in [9.17, 15) is 0 Å². The van der Waals surface area contributed by atoms with Gasteiger partial charge in [-0.3, -0.25) is 4.52 Å². The average Bonchev–Trinajstić information content (AvgIpc) is 3.12. The summed E-state index contributed by atoms with van der Waals surface area (Å²) in [5, 5.41) is 4.17. The predicted molar refractivity (Wildman–Crippen MR) is 169 cm³/mol. The molecule has 1 aromatic heterocycles. The van der Waals surface area contributed by atoms with Crippen LogP contribution in [-0.2, 0) is 11.0 Å². The van der Waals surface area contributed by atoms with Crippen LogP contribution in [0.4, 0.5) is 0 Å². The maximum absolute atomic E-state index is 7.11. The van der Waals surface area contributed by atoms with Crippen molar-refractivity contribution in [3.05, 3.63) is 119 Å². The van der Waals surface area contributed by atoms with E-state index in [0.29, 0.717) is 0 Å². The first-order valence-corrected chi connectivity index (χ1v) is 15.1. The maximum Gasteiger partial charge on any atom is 0.388 e. The van der Waals surface area contributed by atoms with Crippen LogP contribution in [0.2, 0.25) is 0 Å². The van der Waals surface area contributed by atoms with Crippen molar-refractivity contribution in [2.45, 2.75) is 38.7 Å². The lowest BCUT2D eigenvalue weighted by Gasteiger charge is -2.40. The van der Waals surface area contributed by atoms with Gasteiger partial charge in [-0.25, -0.2) is 0 Å². The summed E-state index contributed by atoms with van der Waals surface area (Å²) in [6.07, 6.45) is 10.8. The highest BCUT2D eigenvalue weighted by Gasteiger charge is 2.43. The van der Waals surface area contributed by atoms with E-state index in [1.165, 1.54) is 5.57 Å². The number of benzene rings is 4. The molecule has 0 radical (unpaired) electrons. The summed E-state index contributed by atoms with van der Waals surface area (Å²) in [6, 6.07) is 25.1. The lowest BCUT2D eigenvalue weighted by atomic mass is 9.71. The highest BCUT2D eigenvalue weighted by Crippen LogP contribution is 2.50. The average molecular weight is 561 g/mol. The fourth-order valence-electron chi connectivity index (χ4n) is 6.26. The van der Waals surface area contributed by atoms with Crippen LogP contribution in [0.1, 0.15) is 44.4 Å². The fourth-order valence-corrected chi connectivity index (χ4v) is 7.55. The highest BCUT2D eigenvalue weighted by molar-refractivity contribution is 7.31. The third-order valence-corrected chi connectivity index (χ3v) is 9.55. The van der Waals surface area contributed by atoms with Gasteiger partial charge in [-0.15, -0.1) is 0 Å². The summed E-state index contributed by atoms with van der Waals surface area (Å²) >= 11 is 0. The molecule has 0 fully saturated rings. The van der Waals surface area contributed by atoms with Crippen LogP contribution in [-0.4, -0.2) is 7.11 Å². The van der Waals surface area contributed by atoms with E-state index in [-0.39, 0.29) is 11.3 Å². The second-order valence-corrected chi connectivity index (χ2v) is 13.0. The molecule has 4 nitrogen and oxygen atoms in total. The molecule has 0 bridgehead atoms. The van der Waals surface area contributed by atoms with Crippen LogP contribution < -0.4 is 9.26 Å². The van der Waals surface area contributed by atoms with Gasteiger partial charge in [0.1, 0.15) is 22.5 Å². The van der Waals surface area contributed by atoms with Gasteiger partial charge >= 0.3 is 8.24 Å². The Hall–Kier alpha value is -3.98. The third kappa shape index (κ3) is 4.25. The molecule has 2 aliphatic carbocycles. The minimum atomic E-state index is -1.86. The molecule has 5 aromatic rings. The Morgan fingerprint density at radius 1 is 0.878 bits per heavy atom. The molecule has 0 N–H and O–H groups in total. The molecular weight excluding hydrogens is 527 g/mol. The normalized spacial score (nSPS) is 20.2. The molecular formula is C36H33O4P. The van der Waals surface area contributed by atoms with Crippen molar-refractivity contribution in [1.82, 2.24) is 0 Å². The van der Waals surface area contributed by atoms with Crippen LogP contribution in [0, 0.1) is 5.92 Å². The zero-order valence-corrected chi connectivity index (χ0v) is 24.9. The Morgan fingerprint density at radius 3 is 2.51 bits per heavy atom. The summed E-state index contributed by atoms with van der Waals surface area (Å²) in [5.74, 6) is 0.805. The topological polar surface area (TPSA) is 44.7 Å². The second kappa shape index (κ2) is 9.55. The molecule has 7 rings (SSSR count). The minimum absolute atomic E-state index is 0.0221. The second-order valence-electron chi connectivity index (χ2n) is 12.0. The van der Waals surface area contributed by atoms with E-state index in [1.54, 1.807) is 7.11 Å². The number of rotatable bonds is 3. The molecule has 3 atom stereocenters. The van der Waals surface area contributed by atoms with Crippen LogP contribution in [0.3, 0.4) is 0 Å². The van der Waals surface area contributed by atoms with Gasteiger partial charge in [0.15, 0.2) is 0 Å². The molecule has 206 valence electrons.